The third-order valence-corrected chi connectivity index (χ3v) is 5.48. The summed E-state index contributed by atoms with van der Waals surface area (Å²) in [4.78, 5) is 21.6. The van der Waals surface area contributed by atoms with E-state index < -0.39 is 17.9 Å². The van der Waals surface area contributed by atoms with Crippen molar-refractivity contribution in [2.45, 2.75) is 111 Å². The minimum atomic E-state index is -1.24. The van der Waals surface area contributed by atoms with E-state index >= 15 is 0 Å². The maximum absolute atomic E-state index is 10.8. The molecule has 0 aliphatic heterocycles. The van der Waals surface area contributed by atoms with Crippen molar-refractivity contribution in [2.75, 3.05) is 0 Å². The summed E-state index contributed by atoms with van der Waals surface area (Å²) in [6.45, 7) is 6.94. The van der Waals surface area contributed by atoms with Gasteiger partial charge in [-0.05, 0) is 18.3 Å². The molecule has 0 spiro atoms. The molecule has 0 amide bonds. The van der Waals surface area contributed by atoms with Crippen LogP contribution in [0.3, 0.4) is 0 Å². The van der Waals surface area contributed by atoms with Gasteiger partial charge in [-0.3, -0.25) is 9.59 Å². The second-order valence-electron chi connectivity index (χ2n) is 8.21. The van der Waals surface area contributed by atoms with Crippen molar-refractivity contribution in [3.8, 4) is 0 Å². The van der Waals surface area contributed by atoms with Crippen LogP contribution in [0, 0.1) is 17.8 Å². The number of hydrogen-bond acceptors (Lipinski definition) is 2. The fraction of sp³-hybridized carbons (Fsp3) is 0.909. The maximum atomic E-state index is 10.8. The predicted octanol–water partition coefficient (Wildman–Crippen LogP) is 6.53. The van der Waals surface area contributed by atoms with Crippen LogP contribution in [-0.4, -0.2) is 22.2 Å². The topological polar surface area (TPSA) is 74.6 Å². The van der Waals surface area contributed by atoms with Crippen molar-refractivity contribution in [3.63, 3.8) is 0 Å². The molecule has 0 aliphatic carbocycles. The summed E-state index contributed by atoms with van der Waals surface area (Å²) in [6.07, 6.45) is 16.2. The molecule has 2 atom stereocenters. The van der Waals surface area contributed by atoms with Crippen LogP contribution in [-0.2, 0) is 9.59 Å². The lowest BCUT2D eigenvalue weighted by Crippen LogP contribution is -2.23. The Morgan fingerprint density at radius 3 is 1.35 bits per heavy atom. The molecule has 2 unspecified atom stereocenters. The van der Waals surface area contributed by atoms with E-state index in [-0.39, 0.29) is 6.42 Å². The highest BCUT2D eigenvalue weighted by molar-refractivity contribution is 5.92. The zero-order chi connectivity index (χ0) is 19.8. The van der Waals surface area contributed by atoms with Gasteiger partial charge in [0, 0.05) is 0 Å². The Morgan fingerprint density at radius 1 is 0.615 bits per heavy atom. The highest BCUT2D eigenvalue weighted by atomic mass is 16.4. The summed E-state index contributed by atoms with van der Waals surface area (Å²) < 4.78 is 0. The van der Waals surface area contributed by atoms with E-state index in [1.54, 1.807) is 0 Å². The van der Waals surface area contributed by atoms with E-state index in [0.29, 0.717) is 12.3 Å². The average molecular weight is 371 g/mol. The molecule has 0 heterocycles. The molecule has 0 aromatic rings. The summed E-state index contributed by atoms with van der Waals surface area (Å²) in [7, 11) is 0. The first-order valence-corrected chi connectivity index (χ1v) is 10.8. The zero-order valence-electron chi connectivity index (χ0n) is 17.3. The third-order valence-electron chi connectivity index (χ3n) is 5.48. The van der Waals surface area contributed by atoms with E-state index in [1.807, 2.05) is 0 Å². The molecule has 26 heavy (non-hydrogen) atoms. The Hall–Kier alpha value is -1.06. The van der Waals surface area contributed by atoms with Gasteiger partial charge in [-0.15, -0.1) is 0 Å². The quantitative estimate of drug-likeness (QED) is 0.212. The lowest BCUT2D eigenvalue weighted by Gasteiger charge is -2.14. The van der Waals surface area contributed by atoms with Gasteiger partial charge in [0.25, 0.3) is 0 Å². The van der Waals surface area contributed by atoms with Crippen molar-refractivity contribution < 1.29 is 19.8 Å². The molecule has 0 rings (SSSR count). The molecular weight excluding hydrogens is 328 g/mol. The Morgan fingerprint density at radius 2 is 0.962 bits per heavy atom. The summed E-state index contributed by atoms with van der Waals surface area (Å²) in [6, 6.07) is 0. The molecule has 0 saturated carbocycles. The lowest BCUT2D eigenvalue weighted by molar-refractivity contribution is -0.154. The molecule has 2 N–H and O–H groups in total. The van der Waals surface area contributed by atoms with Gasteiger partial charge < -0.3 is 10.2 Å². The zero-order valence-corrected chi connectivity index (χ0v) is 17.3. The van der Waals surface area contributed by atoms with E-state index in [2.05, 4.69) is 20.8 Å². The molecule has 0 aromatic heterocycles. The number of carboxylic acids is 2. The van der Waals surface area contributed by atoms with Crippen LogP contribution < -0.4 is 0 Å². The number of aliphatic carboxylic acids is 2. The fourth-order valence-corrected chi connectivity index (χ4v) is 3.56. The van der Waals surface area contributed by atoms with Gasteiger partial charge in [-0.2, -0.15) is 0 Å². The monoisotopic (exact) mass is 370 g/mol. The molecule has 0 fully saturated rings. The Kier molecular flexibility index (Phi) is 15.5. The van der Waals surface area contributed by atoms with Crippen molar-refractivity contribution in [1.82, 2.24) is 0 Å². The van der Waals surface area contributed by atoms with Crippen molar-refractivity contribution in [2.24, 2.45) is 17.8 Å². The minimum absolute atomic E-state index is 0.245. The van der Waals surface area contributed by atoms with Gasteiger partial charge in [-0.25, -0.2) is 0 Å². The number of hydrogen-bond donors (Lipinski definition) is 2. The number of carbonyl (C=O) groups is 2. The van der Waals surface area contributed by atoms with E-state index in [1.165, 1.54) is 57.8 Å². The van der Waals surface area contributed by atoms with Gasteiger partial charge in [0.2, 0.25) is 0 Å². The van der Waals surface area contributed by atoms with Crippen molar-refractivity contribution in [1.29, 1.82) is 0 Å². The normalized spacial score (nSPS) is 13.7. The van der Waals surface area contributed by atoms with Crippen LogP contribution >= 0.6 is 0 Å². The molecule has 0 aliphatic rings. The van der Waals surface area contributed by atoms with Crippen LogP contribution in [0.25, 0.3) is 0 Å². The third kappa shape index (κ3) is 14.1. The molecular formula is C22H42O4. The Labute approximate surface area is 160 Å². The first-order chi connectivity index (χ1) is 12.4. The summed E-state index contributed by atoms with van der Waals surface area (Å²) >= 11 is 0. The first-order valence-electron chi connectivity index (χ1n) is 10.8. The van der Waals surface area contributed by atoms with Crippen LogP contribution in [0.5, 0.6) is 0 Å². The van der Waals surface area contributed by atoms with Gasteiger partial charge in [-0.1, -0.05) is 104 Å². The second kappa shape index (κ2) is 16.1. The molecule has 154 valence electrons. The highest BCUT2D eigenvalue weighted by Gasteiger charge is 2.24. The Balaban J connectivity index is 3.56. The number of carboxylic acid groups (broad SMARTS) is 2. The maximum Gasteiger partial charge on any atom is 0.317 e. The summed E-state index contributed by atoms with van der Waals surface area (Å²) in [5.41, 5.74) is 0. The molecule has 0 bridgehead atoms. The van der Waals surface area contributed by atoms with Gasteiger partial charge in [0.15, 0.2) is 5.92 Å². The largest absolute Gasteiger partial charge is 0.481 e. The summed E-state index contributed by atoms with van der Waals surface area (Å²) in [5.74, 6) is -2.10. The summed E-state index contributed by atoms with van der Waals surface area (Å²) in [5, 5.41) is 17.7. The molecule has 4 nitrogen and oxygen atoms in total. The van der Waals surface area contributed by atoms with E-state index in [9.17, 15) is 9.59 Å². The van der Waals surface area contributed by atoms with Crippen molar-refractivity contribution >= 4 is 11.9 Å². The fourth-order valence-electron chi connectivity index (χ4n) is 3.56. The van der Waals surface area contributed by atoms with E-state index in [0.717, 1.165) is 25.2 Å². The van der Waals surface area contributed by atoms with Crippen molar-refractivity contribution in [3.05, 3.63) is 0 Å². The SMILES string of the molecule is CCCCCCC(C)CCCCC(C)CCCCCC(C(=O)O)C(=O)O. The Bertz CT molecular complexity index is 353. The molecule has 4 heteroatoms. The average Bonchev–Trinajstić information content (AvgIpc) is 2.58. The van der Waals surface area contributed by atoms with Crippen LogP contribution in [0.2, 0.25) is 0 Å². The lowest BCUT2D eigenvalue weighted by atomic mass is 9.92. The minimum Gasteiger partial charge on any atom is -0.481 e. The van der Waals surface area contributed by atoms with Crippen LogP contribution in [0.4, 0.5) is 0 Å². The second-order valence-corrected chi connectivity index (χ2v) is 8.21. The number of unbranched alkanes of at least 4 members (excludes halogenated alkanes) is 6. The number of rotatable bonds is 18. The molecule has 0 aromatic carbocycles. The smallest absolute Gasteiger partial charge is 0.317 e. The van der Waals surface area contributed by atoms with E-state index in [4.69, 9.17) is 10.2 Å². The standard InChI is InChI=1S/C22H42O4/c1-4-5-6-8-13-18(2)15-11-12-16-19(3)14-9-7-10-17-20(21(23)24)22(25)26/h18-20H,4-17H2,1-3H3,(H,23,24)(H,25,26). The van der Waals surface area contributed by atoms with Gasteiger partial charge in [0.05, 0.1) is 0 Å². The predicted molar refractivity (Wildman–Crippen MR) is 107 cm³/mol. The van der Waals surface area contributed by atoms with Crippen LogP contribution in [0.1, 0.15) is 111 Å². The highest BCUT2D eigenvalue weighted by Crippen LogP contribution is 2.21. The van der Waals surface area contributed by atoms with Gasteiger partial charge >= 0.3 is 11.9 Å². The van der Waals surface area contributed by atoms with Gasteiger partial charge in [0.1, 0.15) is 0 Å². The molecule has 0 radical (unpaired) electrons. The van der Waals surface area contributed by atoms with Crippen LogP contribution in [0.15, 0.2) is 0 Å². The first kappa shape index (κ1) is 24.9. The molecule has 0 saturated heterocycles.